The SMILES string of the molecule is Cc1ccccc1C#CC1=C(N=C=O)CCC1. The third-order valence-electron chi connectivity index (χ3n) is 2.86. The molecule has 0 bridgehead atoms. The molecule has 84 valence electrons. The second kappa shape index (κ2) is 5.30. The van der Waals surface area contributed by atoms with Crippen molar-refractivity contribution in [3.05, 3.63) is 46.7 Å². The predicted octanol–water partition coefficient (Wildman–Crippen LogP) is 3.12. The van der Waals surface area contributed by atoms with Gasteiger partial charge in [-0.1, -0.05) is 30.0 Å². The van der Waals surface area contributed by atoms with Gasteiger partial charge in [0.15, 0.2) is 0 Å². The van der Waals surface area contributed by atoms with Crippen LogP contribution in [-0.4, -0.2) is 6.08 Å². The van der Waals surface area contributed by atoms with Gasteiger partial charge in [-0.2, -0.15) is 4.99 Å². The van der Waals surface area contributed by atoms with E-state index in [0.29, 0.717) is 0 Å². The van der Waals surface area contributed by atoms with E-state index in [9.17, 15) is 4.79 Å². The first-order valence-electron chi connectivity index (χ1n) is 5.69. The van der Waals surface area contributed by atoms with Crippen molar-refractivity contribution in [3.8, 4) is 11.8 Å². The number of rotatable bonds is 1. The molecule has 0 unspecified atom stereocenters. The molecule has 0 spiro atoms. The summed E-state index contributed by atoms with van der Waals surface area (Å²) in [7, 11) is 0. The average molecular weight is 223 g/mol. The molecule has 17 heavy (non-hydrogen) atoms. The second-order valence-corrected chi connectivity index (χ2v) is 4.05. The van der Waals surface area contributed by atoms with Crippen molar-refractivity contribution in [2.24, 2.45) is 4.99 Å². The normalized spacial score (nSPS) is 13.9. The van der Waals surface area contributed by atoms with Crippen LogP contribution in [0.3, 0.4) is 0 Å². The third-order valence-corrected chi connectivity index (χ3v) is 2.86. The van der Waals surface area contributed by atoms with Gasteiger partial charge in [0, 0.05) is 11.1 Å². The summed E-state index contributed by atoms with van der Waals surface area (Å²) in [4.78, 5) is 14.0. The summed E-state index contributed by atoms with van der Waals surface area (Å²) in [6, 6.07) is 8.01. The van der Waals surface area contributed by atoms with Crippen LogP contribution < -0.4 is 0 Å². The highest BCUT2D eigenvalue weighted by Crippen LogP contribution is 2.25. The van der Waals surface area contributed by atoms with E-state index in [4.69, 9.17) is 0 Å². The summed E-state index contributed by atoms with van der Waals surface area (Å²) in [6.07, 6.45) is 4.38. The van der Waals surface area contributed by atoms with Crippen molar-refractivity contribution in [3.63, 3.8) is 0 Å². The minimum Gasteiger partial charge on any atom is -0.211 e. The van der Waals surface area contributed by atoms with Crippen LogP contribution in [0.2, 0.25) is 0 Å². The Bertz CT molecular complexity index is 566. The Balaban J connectivity index is 2.31. The molecule has 0 aromatic heterocycles. The topological polar surface area (TPSA) is 29.4 Å². The van der Waals surface area contributed by atoms with Gasteiger partial charge in [0.05, 0.1) is 5.70 Å². The number of aliphatic imine (C=N–C) groups is 1. The van der Waals surface area contributed by atoms with Gasteiger partial charge < -0.3 is 0 Å². The van der Waals surface area contributed by atoms with Crippen LogP contribution in [0.4, 0.5) is 0 Å². The lowest BCUT2D eigenvalue weighted by Gasteiger charge is -1.95. The highest BCUT2D eigenvalue weighted by molar-refractivity contribution is 5.48. The lowest BCUT2D eigenvalue weighted by atomic mass is 10.1. The monoisotopic (exact) mass is 223 g/mol. The number of nitrogens with zero attached hydrogens (tertiary/aromatic N) is 1. The first kappa shape index (κ1) is 11.4. The number of benzene rings is 1. The summed E-state index contributed by atoms with van der Waals surface area (Å²) >= 11 is 0. The maximum atomic E-state index is 10.3. The quantitative estimate of drug-likeness (QED) is 0.408. The van der Waals surface area contributed by atoms with E-state index in [1.54, 1.807) is 6.08 Å². The molecule has 0 amide bonds. The summed E-state index contributed by atoms with van der Waals surface area (Å²) in [5, 5.41) is 0. The molecule has 0 radical (unpaired) electrons. The molecular formula is C15H13NO. The highest BCUT2D eigenvalue weighted by atomic mass is 16.1. The van der Waals surface area contributed by atoms with E-state index >= 15 is 0 Å². The molecule has 1 aromatic rings. The molecule has 0 N–H and O–H groups in total. The molecule has 1 aromatic carbocycles. The van der Waals surface area contributed by atoms with Crippen LogP contribution in [0, 0.1) is 18.8 Å². The van der Waals surface area contributed by atoms with Crippen LogP contribution in [-0.2, 0) is 4.79 Å². The number of allylic oxidation sites excluding steroid dienone is 2. The van der Waals surface area contributed by atoms with Gasteiger partial charge in [-0.25, -0.2) is 4.79 Å². The number of hydrogen-bond acceptors (Lipinski definition) is 2. The molecule has 1 aliphatic rings. The molecule has 0 saturated carbocycles. The average Bonchev–Trinajstić information content (AvgIpc) is 2.76. The molecule has 2 nitrogen and oxygen atoms in total. The van der Waals surface area contributed by atoms with Gasteiger partial charge in [0.1, 0.15) is 0 Å². The standard InChI is InChI=1S/C15H13NO/c1-12-5-2-3-6-13(12)9-10-14-7-4-8-15(14)16-11-17/h2-3,5-6H,4,7-8H2,1H3. The zero-order valence-electron chi connectivity index (χ0n) is 9.79. The summed E-state index contributed by atoms with van der Waals surface area (Å²) < 4.78 is 0. The number of isocyanates is 1. The number of hydrogen-bond donors (Lipinski definition) is 0. The maximum absolute atomic E-state index is 10.3. The summed E-state index contributed by atoms with van der Waals surface area (Å²) in [5.74, 6) is 6.28. The van der Waals surface area contributed by atoms with E-state index in [0.717, 1.165) is 36.1 Å². The molecule has 0 atom stereocenters. The van der Waals surface area contributed by atoms with Crippen LogP contribution >= 0.6 is 0 Å². The smallest absolute Gasteiger partial charge is 0.211 e. The first-order valence-corrected chi connectivity index (χ1v) is 5.69. The van der Waals surface area contributed by atoms with E-state index in [1.807, 2.05) is 31.2 Å². The lowest BCUT2D eigenvalue weighted by molar-refractivity contribution is 0.564. The Morgan fingerprint density at radius 3 is 2.76 bits per heavy atom. The van der Waals surface area contributed by atoms with Crippen molar-refractivity contribution in [2.45, 2.75) is 26.2 Å². The van der Waals surface area contributed by atoms with Crippen molar-refractivity contribution in [1.29, 1.82) is 0 Å². The van der Waals surface area contributed by atoms with Crippen molar-refractivity contribution in [1.82, 2.24) is 0 Å². The number of carbonyl (C=O) groups excluding carboxylic acids is 1. The Kier molecular flexibility index (Phi) is 3.55. The van der Waals surface area contributed by atoms with E-state index in [1.165, 1.54) is 5.56 Å². The van der Waals surface area contributed by atoms with Gasteiger partial charge in [0.2, 0.25) is 6.08 Å². The third kappa shape index (κ3) is 2.72. The molecule has 0 fully saturated rings. The highest BCUT2D eigenvalue weighted by Gasteiger charge is 2.11. The minimum atomic E-state index is 0.807. The van der Waals surface area contributed by atoms with Gasteiger partial charge in [-0.3, -0.25) is 0 Å². The minimum absolute atomic E-state index is 0.807. The summed E-state index contributed by atoms with van der Waals surface area (Å²) in [5.41, 5.74) is 3.98. The van der Waals surface area contributed by atoms with E-state index < -0.39 is 0 Å². The predicted molar refractivity (Wildman–Crippen MR) is 67.1 cm³/mol. The fraction of sp³-hybridized carbons (Fsp3) is 0.267. The second-order valence-electron chi connectivity index (χ2n) is 4.05. The van der Waals surface area contributed by atoms with Crippen molar-refractivity contribution < 1.29 is 4.79 Å². The van der Waals surface area contributed by atoms with Crippen LogP contribution in [0.5, 0.6) is 0 Å². The van der Waals surface area contributed by atoms with Crippen LogP contribution in [0.25, 0.3) is 0 Å². The Labute approximate surface area is 101 Å². The fourth-order valence-corrected chi connectivity index (χ4v) is 1.90. The van der Waals surface area contributed by atoms with Crippen molar-refractivity contribution in [2.75, 3.05) is 0 Å². The lowest BCUT2D eigenvalue weighted by Crippen LogP contribution is -1.81. The first-order chi connectivity index (χ1) is 8.31. The Morgan fingerprint density at radius 2 is 2.00 bits per heavy atom. The molecule has 0 aliphatic heterocycles. The van der Waals surface area contributed by atoms with Crippen LogP contribution in [0.1, 0.15) is 30.4 Å². The number of aryl methyl sites for hydroxylation is 1. The summed E-state index contributed by atoms with van der Waals surface area (Å²) in [6.45, 7) is 2.04. The van der Waals surface area contributed by atoms with Gasteiger partial charge in [-0.15, -0.1) is 0 Å². The molecule has 0 heterocycles. The molecule has 1 aliphatic carbocycles. The molecule has 2 rings (SSSR count). The van der Waals surface area contributed by atoms with Gasteiger partial charge in [0.25, 0.3) is 0 Å². The van der Waals surface area contributed by atoms with Gasteiger partial charge >= 0.3 is 0 Å². The van der Waals surface area contributed by atoms with Crippen LogP contribution in [0.15, 0.2) is 40.5 Å². The van der Waals surface area contributed by atoms with E-state index in [2.05, 4.69) is 16.8 Å². The largest absolute Gasteiger partial charge is 0.240 e. The van der Waals surface area contributed by atoms with E-state index in [-0.39, 0.29) is 0 Å². The van der Waals surface area contributed by atoms with Crippen molar-refractivity contribution >= 4 is 6.08 Å². The maximum Gasteiger partial charge on any atom is 0.240 e. The Hall–Kier alpha value is -2.10. The molecular weight excluding hydrogens is 210 g/mol. The zero-order valence-corrected chi connectivity index (χ0v) is 9.79. The Morgan fingerprint density at radius 1 is 1.18 bits per heavy atom. The van der Waals surface area contributed by atoms with Gasteiger partial charge in [-0.05, 0) is 37.8 Å². The molecule has 0 saturated heterocycles. The fourth-order valence-electron chi connectivity index (χ4n) is 1.90. The zero-order chi connectivity index (χ0) is 12.1. The molecule has 2 heteroatoms.